The maximum atomic E-state index is 11.7. The zero-order chi connectivity index (χ0) is 17.9. The third kappa shape index (κ3) is 7.04. The Labute approximate surface area is 141 Å². The van der Waals surface area contributed by atoms with Crippen molar-refractivity contribution in [3.63, 3.8) is 0 Å². The highest BCUT2D eigenvalue weighted by atomic mass is 16.5. The van der Waals surface area contributed by atoms with Gasteiger partial charge in [-0.3, -0.25) is 14.4 Å². The minimum atomic E-state index is -0.536. The summed E-state index contributed by atoms with van der Waals surface area (Å²) in [5.74, 6) is -1.58. The molecule has 130 valence electrons. The number of para-hydroxylation sites is 1. The molecule has 1 atom stereocenters. The summed E-state index contributed by atoms with van der Waals surface area (Å²) in [5, 5.41) is 6.57. The first-order chi connectivity index (χ1) is 11.4. The van der Waals surface area contributed by atoms with Crippen LogP contribution in [0.1, 0.15) is 33.6 Å². The molecule has 0 saturated heterocycles. The Hall–Kier alpha value is -2.70. The molecule has 1 rings (SSSR count). The fourth-order valence-electron chi connectivity index (χ4n) is 1.71. The molecule has 0 heterocycles. The van der Waals surface area contributed by atoms with Gasteiger partial charge in [0.2, 0.25) is 11.8 Å². The number of hydrogen-bond acceptors (Lipinski definition) is 5. The van der Waals surface area contributed by atoms with Crippen molar-refractivity contribution < 1.29 is 19.1 Å². The van der Waals surface area contributed by atoms with E-state index in [1.807, 2.05) is 18.2 Å². The average molecular weight is 333 g/mol. The van der Waals surface area contributed by atoms with Crippen LogP contribution in [0.3, 0.4) is 0 Å². The minimum Gasteiger partial charge on any atom is -0.465 e. The van der Waals surface area contributed by atoms with Gasteiger partial charge in [0.1, 0.15) is 0 Å². The van der Waals surface area contributed by atoms with E-state index in [0.29, 0.717) is 18.0 Å². The largest absolute Gasteiger partial charge is 0.465 e. The van der Waals surface area contributed by atoms with Crippen molar-refractivity contribution in [2.45, 2.75) is 33.6 Å². The highest BCUT2D eigenvalue weighted by molar-refractivity contribution is 6.01. The molecule has 2 amide bonds. The number of esters is 1. The molecule has 1 aromatic rings. The van der Waals surface area contributed by atoms with Crippen molar-refractivity contribution in [1.29, 1.82) is 0 Å². The zero-order valence-electron chi connectivity index (χ0n) is 14.2. The first-order valence-corrected chi connectivity index (χ1v) is 7.78. The van der Waals surface area contributed by atoms with Crippen LogP contribution in [-0.4, -0.2) is 30.1 Å². The predicted octanol–water partition coefficient (Wildman–Crippen LogP) is 2.10. The number of ether oxygens (including phenoxy) is 1. The normalized spacial score (nSPS) is 12.2. The van der Waals surface area contributed by atoms with E-state index in [1.54, 1.807) is 32.9 Å². The summed E-state index contributed by atoms with van der Waals surface area (Å²) < 4.78 is 4.88. The van der Waals surface area contributed by atoms with Crippen LogP contribution >= 0.6 is 0 Å². The molecule has 0 aliphatic heterocycles. The topological polar surface area (TPSA) is 96.9 Å². The molecule has 0 fully saturated rings. The second-order valence-corrected chi connectivity index (χ2v) is 5.18. The van der Waals surface area contributed by atoms with Gasteiger partial charge >= 0.3 is 5.97 Å². The Morgan fingerprint density at radius 3 is 2.38 bits per heavy atom. The number of benzene rings is 1. The molecule has 0 bridgehead atoms. The first-order valence-electron chi connectivity index (χ1n) is 7.78. The van der Waals surface area contributed by atoms with Crippen LogP contribution in [0.2, 0.25) is 0 Å². The fourth-order valence-corrected chi connectivity index (χ4v) is 1.71. The second kappa shape index (κ2) is 10.1. The summed E-state index contributed by atoms with van der Waals surface area (Å²) in [4.78, 5) is 35.0. The summed E-state index contributed by atoms with van der Waals surface area (Å²) in [5.41, 5.74) is 3.46. The number of hydrazone groups is 1. The molecule has 24 heavy (non-hydrogen) atoms. The molecule has 0 radical (unpaired) electrons. The molecule has 0 aliphatic carbocycles. The number of anilines is 1. The van der Waals surface area contributed by atoms with E-state index in [-0.39, 0.29) is 18.7 Å². The number of hydrogen-bond donors (Lipinski definition) is 2. The van der Waals surface area contributed by atoms with Crippen LogP contribution in [0.5, 0.6) is 0 Å². The van der Waals surface area contributed by atoms with Gasteiger partial charge in [0.25, 0.3) is 0 Å². The number of carbonyl (C=O) groups is 3. The van der Waals surface area contributed by atoms with Gasteiger partial charge in [0, 0.05) is 24.2 Å². The third-order valence-electron chi connectivity index (χ3n) is 3.26. The van der Waals surface area contributed by atoms with Gasteiger partial charge in [-0.25, -0.2) is 5.43 Å². The maximum Gasteiger partial charge on any atom is 0.314 e. The molecule has 7 nitrogen and oxygen atoms in total. The lowest BCUT2D eigenvalue weighted by atomic mass is 10.1. The van der Waals surface area contributed by atoms with Gasteiger partial charge < -0.3 is 10.1 Å². The van der Waals surface area contributed by atoms with E-state index in [4.69, 9.17) is 4.74 Å². The molecule has 0 aliphatic rings. The Kier molecular flexibility index (Phi) is 8.18. The van der Waals surface area contributed by atoms with Crippen LogP contribution in [0.15, 0.2) is 35.4 Å². The maximum absolute atomic E-state index is 11.7. The molecule has 0 spiro atoms. The van der Waals surface area contributed by atoms with Crippen molar-refractivity contribution in [1.82, 2.24) is 5.43 Å². The van der Waals surface area contributed by atoms with Crippen LogP contribution < -0.4 is 10.7 Å². The zero-order valence-corrected chi connectivity index (χ0v) is 14.2. The summed E-state index contributed by atoms with van der Waals surface area (Å²) in [7, 11) is 0. The Balaban J connectivity index is 2.36. The van der Waals surface area contributed by atoms with Gasteiger partial charge in [-0.2, -0.15) is 5.10 Å². The van der Waals surface area contributed by atoms with Crippen LogP contribution in [-0.2, 0) is 19.1 Å². The van der Waals surface area contributed by atoms with E-state index >= 15 is 0 Å². The number of nitrogens with zero attached hydrogens (tertiary/aromatic N) is 1. The summed E-state index contributed by atoms with van der Waals surface area (Å²) in [6.07, 6.45) is 0.0476. The van der Waals surface area contributed by atoms with Gasteiger partial charge in [-0.05, 0) is 32.9 Å². The van der Waals surface area contributed by atoms with Gasteiger partial charge in [0.05, 0.1) is 12.5 Å². The molecular weight excluding hydrogens is 310 g/mol. The molecule has 7 heteroatoms. The number of carbonyl (C=O) groups excluding carboxylic acids is 3. The molecule has 0 saturated carbocycles. The summed E-state index contributed by atoms with van der Waals surface area (Å²) in [6, 6.07) is 9.00. The molecule has 2 N–H and O–H groups in total. The molecule has 0 unspecified atom stereocenters. The smallest absolute Gasteiger partial charge is 0.314 e. The quantitative estimate of drug-likeness (QED) is 0.432. The predicted molar refractivity (Wildman–Crippen MR) is 91.4 cm³/mol. The SMILES string of the molecule is CCOC(=O)[C@@H](C)C(C)=NNC(=O)CCC(=O)Nc1ccccc1. The van der Waals surface area contributed by atoms with E-state index < -0.39 is 17.8 Å². The van der Waals surface area contributed by atoms with E-state index in [0.717, 1.165) is 0 Å². The van der Waals surface area contributed by atoms with Crippen molar-refractivity contribution in [2.75, 3.05) is 11.9 Å². The summed E-state index contributed by atoms with van der Waals surface area (Å²) in [6.45, 7) is 5.29. The van der Waals surface area contributed by atoms with E-state index in [2.05, 4.69) is 15.8 Å². The van der Waals surface area contributed by atoms with Crippen molar-refractivity contribution >= 4 is 29.2 Å². The number of amides is 2. The number of nitrogens with one attached hydrogen (secondary N) is 2. The number of rotatable bonds is 8. The van der Waals surface area contributed by atoms with Crippen LogP contribution in [0, 0.1) is 5.92 Å². The highest BCUT2D eigenvalue weighted by Gasteiger charge is 2.17. The standard InChI is InChI=1S/C17H23N3O4/c1-4-24-17(23)12(2)13(3)19-20-16(22)11-10-15(21)18-14-8-6-5-7-9-14/h5-9,12H,4,10-11H2,1-3H3,(H,18,21)(H,20,22)/t12-/m0/s1. The fraction of sp³-hybridized carbons (Fsp3) is 0.412. The average Bonchev–Trinajstić information content (AvgIpc) is 2.58. The second-order valence-electron chi connectivity index (χ2n) is 5.18. The van der Waals surface area contributed by atoms with Crippen molar-refractivity contribution in [3.05, 3.63) is 30.3 Å². The Morgan fingerprint density at radius 2 is 1.75 bits per heavy atom. The summed E-state index contributed by atoms with van der Waals surface area (Å²) >= 11 is 0. The third-order valence-corrected chi connectivity index (χ3v) is 3.26. The van der Waals surface area contributed by atoms with Crippen LogP contribution in [0.4, 0.5) is 5.69 Å². The highest BCUT2D eigenvalue weighted by Crippen LogP contribution is 2.06. The van der Waals surface area contributed by atoms with Gasteiger partial charge in [0.15, 0.2) is 0 Å². The molecular formula is C17H23N3O4. The van der Waals surface area contributed by atoms with E-state index in [1.165, 1.54) is 0 Å². The lowest BCUT2D eigenvalue weighted by Gasteiger charge is -2.10. The van der Waals surface area contributed by atoms with Gasteiger partial charge in [-0.1, -0.05) is 18.2 Å². The molecule has 1 aromatic carbocycles. The Morgan fingerprint density at radius 1 is 1.12 bits per heavy atom. The monoisotopic (exact) mass is 333 g/mol. The van der Waals surface area contributed by atoms with Gasteiger partial charge in [-0.15, -0.1) is 0 Å². The lowest BCUT2D eigenvalue weighted by Crippen LogP contribution is -2.26. The van der Waals surface area contributed by atoms with Crippen molar-refractivity contribution in [2.24, 2.45) is 11.0 Å². The minimum absolute atomic E-state index is 0.00321. The first kappa shape index (κ1) is 19.3. The van der Waals surface area contributed by atoms with Crippen molar-refractivity contribution in [3.8, 4) is 0 Å². The van der Waals surface area contributed by atoms with Crippen LogP contribution in [0.25, 0.3) is 0 Å². The lowest BCUT2D eigenvalue weighted by molar-refractivity contribution is -0.145. The van der Waals surface area contributed by atoms with E-state index in [9.17, 15) is 14.4 Å². The molecule has 0 aromatic heterocycles. The Bertz CT molecular complexity index is 599.